The molecule has 0 aliphatic rings. The topological polar surface area (TPSA) is 243 Å². The van der Waals surface area contributed by atoms with Crippen molar-refractivity contribution in [1.29, 1.82) is 0 Å². The molecule has 0 aliphatic carbocycles. The minimum absolute atomic E-state index is 0. The monoisotopic (exact) mass is 722 g/mol. The second-order valence-corrected chi connectivity index (χ2v) is 7.66. The van der Waals surface area contributed by atoms with Crippen molar-refractivity contribution in [2.75, 3.05) is 0 Å². The Morgan fingerprint density at radius 1 is 0.378 bits per heavy atom. The summed E-state index contributed by atoms with van der Waals surface area (Å²) in [5.74, 6) is -5.05. The minimum atomic E-state index is -0.630. The fourth-order valence-electron chi connectivity index (χ4n) is 2.18. The molecule has 3 aromatic carbocycles. The second-order valence-electron chi connectivity index (χ2n) is 6.50. The van der Waals surface area contributed by atoms with Crippen LogP contribution in [0.5, 0.6) is 51.7 Å². The molecule has 0 aromatic heterocycles. The van der Waals surface area contributed by atoms with Crippen LogP contribution in [0.15, 0.2) is 36.4 Å². The van der Waals surface area contributed by atoms with E-state index in [1.54, 1.807) is 0 Å². The summed E-state index contributed by atoms with van der Waals surface area (Å²) in [6.45, 7) is 0. The Balaban J connectivity index is 0.000000518. The molecule has 0 aliphatic heterocycles. The molecule has 0 spiro atoms. The van der Waals surface area contributed by atoms with Crippen LogP contribution in [0.4, 0.5) is 0 Å². The molecular weight excluding hydrogens is 703 g/mol. The third kappa shape index (κ3) is 9.65. The standard InChI is InChI=1S/3C7H6O4S.Dy/c3*8-4-1-3(7(11)12)2-5(9)6(4)10;/h3*1-2,8-10H,(H,11,12);. The van der Waals surface area contributed by atoms with Crippen molar-refractivity contribution in [3.63, 3.8) is 0 Å². The van der Waals surface area contributed by atoms with Crippen LogP contribution in [0.25, 0.3) is 0 Å². The predicted octanol–water partition coefficient (Wildman–Crippen LogP) is 3.11. The van der Waals surface area contributed by atoms with Gasteiger partial charge in [0.05, 0.1) is 0 Å². The smallest absolute Gasteiger partial charge is 0.200 e. The molecule has 0 atom stereocenters. The number of hydrogen-bond donors (Lipinski definition) is 12. The molecule has 0 saturated carbocycles. The van der Waals surface area contributed by atoms with E-state index in [4.69, 9.17) is 61.3 Å². The molecule has 12 nitrogen and oxygen atoms in total. The van der Waals surface area contributed by atoms with Crippen LogP contribution < -0.4 is 0 Å². The van der Waals surface area contributed by atoms with Crippen LogP contribution in [-0.2, 0) is 0 Å². The Morgan fingerprint density at radius 3 is 0.622 bits per heavy atom. The molecule has 37 heavy (non-hydrogen) atoms. The van der Waals surface area contributed by atoms with Crippen LogP contribution in [0.2, 0.25) is 0 Å². The molecule has 0 saturated heterocycles. The van der Waals surface area contributed by atoms with E-state index >= 15 is 0 Å². The Kier molecular flexibility index (Phi) is 13.3. The van der Waals surface area contributed by atoms with Gasteiger partial charge in [0.1, 0.15) is 0 Å². The summed E-state index contributed by atoms with van der Waals surface area (Å²) in [6.07, 6.45) is 0. The molecule has 0 radical (unpaired) electrons. The number of hydrogen-bond acceptors (Lipinski definition) is 12. The zero-order chi connectivity index (χ0) is 27.9. The third-order valence-electron chi connectivity index (χ3n) is 3.95. The van der Waals surface area contributed by atoms with E-state index < -0.39 is 66.9 Å². The first kappa shape index (κ1) is 33.8. The van der Waals surface area contributed by atoms with Gasteiger partial charge in [0, 0.05) is 54.9 Å². The van der Waals surface area contributed by atoms with Gasteiger partial charge in [-0.15, -0.1) is 0 Å². The molecule has 0 fully saturated rings. The van der Waals surface area contributed by atoms with Gasteiger partial charge in [-0.05, 0) is 73.1 Å². The Morgan fingerprint density at radius 2 is 0.514 bits per heavy atom. The largest absolute Gasteiger partial charge is 0.504 e. The number of aliphatic hydroxyl groups is 3. The van der Waals surface area contributed by atoms with E-state index in [1.807, 2.05) is 0 Å². The van der Waals surface area contributed by atoms with Crippen LogP contribution in [0.1, 0.15) is 16.7 Å². The van der Waals surface area contributed by atoms with Crippen molar-refractivity contribution < 1.29 is 99.5 Å². The van der Waals surface area contributed by atoms with Gasteiger partial charge >= 0.3 is 0 Å². The van der Waals surface area contributed by atoms with Crippen molar-refractivity contribution in [3.8, 4) is 51.7 Å². The van der Waals surface area contributed by atoms with Gasteiger partial charge in [-0.25, -0.2) is 0 Å². The van der Waals surface area contributed by atoms with Crippen molar-refractivity contribution in [1.82, 2.24) is 0 Å². The summed E-state index contributed by atoms with van der Waals surface area (Å²) in [6, 6.07) is 6.32. The molecule has 0 heterocycles. The molecule has 0 unspecified atom stereocenters. The first-order valence-corrected chi connectivity index (χ1v) is 10.2. The van der Waals surface area contributed by atoms with E-state index in [-0.39, 0.29) is 54.9 Å². The number of thiocarbonyl (C=S) groups is 3. The second kappa shape index (κ2) is 14.5. The van der Waals surface area contributed by atoms with Crippen LogP contribution >= 0.6 is 36.7 Å². The number of rotatable bonds is 3. The van der Waals surface area contributed by atoms with Crippen molar-refractivity contribution in [2.24, 2.45) is 0 Å². The minimum Gasteiger partial charge on any atom is -0.504 e. The molecular formula is C21H18DyO12S3. The van der Waals surface area contributed by atoms with Crippen molar-refractivity contribution in [3.05, 3.63) is 53.1 Å². The molecule has 3 aromatic rings. The number of aliphatic hydroxyl groups excluding tert-OH is 3. The SMILES string of the molecule is OC(=S)c1cc(O)c(O)c(O)c1.OC(=S)c1cc(O)c(O)c(O)c1.OC(=S)c1cc(O)c(O)c(O)c1.[Dy]. The maximum Gasteiger partial charge on any atom is 0.200 e. The fourth-order valence-corrected chi connectivity index (χ4v) is 2.54. The molecule has 12 N–H and O–H groups in total. The summed E-state index contributed by atoms with van der Waals surface area (Å²) in [5.41, 5.74) is 0.244. The van der Waals surface area contributed by atoms with Gasteiger partial charge in [-0.1, -0.05) is 0 Å². The zero-order valence-corrected chi connectivity index (χ0v) is 22.4. The van der Waals surface area contributed by atoms with Crippen molar-refractivity contribution in [2.45, 2.75) is 0 Å². The van der Waals surface area contributed by atoms with Crippen LogP contribution in [0.3, 0.4) is 0 Å². The van der Waals surface area contributed by atoms with Gasteiger partial charge in [-0.2, -0.15) is 0 Å². The van der Waals surface area contributed by atoms with E-state index in [2.05, 4.69) is 36.7 Å². The van der Waals surface area contributed by atoms with Gasteiger partial charge in [0.2, 0.25) is 0 Å². The zero-order valence-electron chi connectivity index (χ0n) is 17.9. The fraction of sp³-hybridized carbons (Fsp3) is 0. The van der Waals surface area contributed by atoms with Gasteiger partial charge in [-0.3, -0.25) is 0 Å². The first-order valence-electron chi connectivity index (χ1n) is 9.01. The molecule has 0 amide bonds. The normalized spacial score (nSPS) is 9.41. The van der Waals surface area contributed by atoms with E-state index in [0.717, 1.165) is 36.4 Å². The maximum atomic E-state index is 8.95. The van der Waals surface area contributed by atoms with Crippen LogP contribution in [-0.4, -0.2) is 76.4 Å². The van der Waals surface area contributed by atoms with E-state index in [0.29, 0.717) is 0 Å². The quantitative estimate of drug-likeness (QED) is 0.137. The average molecular weight is 721 g/mol. The van der Waals surface area contributed by atoms with E-state index in [1.165, 1.54) is 0 Å². The first-order chi connectivity index (χ1) is 16.6. The maximum absolute atomic E-state index is 8.95. The van der Waals surface area contributed by atoms with Gasteiger partial charge in [0.15, 0.2) is 66.9 Å². The third-order valence-corrected chi connectivity index (χ3v) is 4.66. The summed E-state index contributed by atoms with van der Waals surface area (Å²) in [7, 11) is 0. The number of aromatic hydroxyl groups is 9. The van der Waals surface area contributed by atoms with Gasteiger partial charge < -0.3 is 61.3 Å². The van der Waals surface area contributed by atoms with E-state index in [9.17, 15) is 0 Å². The summed E-state index contributed by atoms with van der Waals surface area (Å²) >= 11 is 13.1. The summed E-state index contributed by atoms with van der Waals surface area (Å²) in [5, 5.41) is 105. The summed E-state index contributed by atoms with van der Waals surface area (Å²) < 4.78 is 0. The Hall–Kier alpha value is -3.20. The Labute approximate surface area is 254 Å². The van der Waals surface area contributed by atoms with Gasteiger partial charge in [0.25, 0.3) is 0 Å². The number of phenolic OH excluding ortho intramolecular Hbond substituents is 9. The summed E-state index contributed by atoms with van der Waals surface area (Å²) in [4.78, 5) is 0. The number of benzene rings is 3. The van der Waals surface area contributed by atoms with Crippen molar-refractivity contribution >= 4 is 51.8 Å². The average Bonchev–Trinajstić information content (AvgIpc) is 2.79. The predicted molar refractivity (Wildman–Crippen MR) is 137 cm³/mol. The Bertz CT molecular complexity index is 1100. The molecule has 3 rings (SSSR count). The molecule has 202 valence electrons. The molecule has 0 bridgehead atoms. The van der Waals surface area contributed by atoms with Crippen LogP contribution in [0, 0.1) is 38.2 Å². The number of phenols is 9. The molecule has 16 heteroatoms.